The summed E-state index contributed by atoms with van der Waals surface area (Å²) < 4.78 is 27.1. The van der Waals surface area contributed by atoms with Gasteiger partial charge in [-0.2, -0.15) is 4.31 Å². The smallest absolute Gasteiger partial charge is 0.207 e. The first kappa shape index (κ1) is 17.5. The Labute approximate surface area is 128 Å². The molecule has 3 nitrogen and oxygen atoms in total. The largest absolute Gasteiger partial charge is 0.243 e. The molecule has 0 heterocycles. The van der Waals surface area contributed by atoms with Gasteiger partial charge in [0.25, 0.3) is 0 Å². The first-order chi connectivity index (χ1) is 9.07. The highest BCUT2D eigenvalue weighted by atomic mass is 35.5. The van der Waals surface area contributed by atoms with E-state index in [1.807, 2.05) is 40.7 Å². The van der Waals surface area contributed by atoms with E-state index >= 15 is 0 Å². The Morgan fingerprint density at radius 1 is 1.20 bits per heavy atom. The number of alkyl halides is 1. The van der Waals surface area contributed by atoms with Gasteiger partial charge in [0.2, 0.25) is 10.0 Å². The molecule has 0 spiro atoms. The lowest BCUT2D eigenvalue weighted by atomic mass is 10.0. The van der Waals surface area contributed by atoms with Gasteiger partial charge in [0.05, 0.1) is 4.90 Å². The second-order valence-electron chi connectivity index (χ2n) is 5.82. The molecule has 0 aliphatic rings. The lowest BCUT2D eigenvalue weighted by Gasteiger charge is -2.34. The van der Waals surface area contributed by atoms with Crippen molar-refractivity contribution in [1.82, 2.24) is 4.31 Å². The monoisotopic (exact) mass is 317 g/mol. The molecule has 0 aliphatic carbocycles. The summed E-state index contributed by atoms with van der Waals surface area (Å²) in [6, 6.07) is 3.59. The highest BCUT2D eigenvalue weighted by Gasteiger charge is 2.33. The second-order valence-corrected chi connectivity index (χ2v) is 8.02. The van der Waals surface area contributed by atoms with Gasteiger partial charge in [-0.3, -0.25) is 0 Å². The number of halogens is 1. The zero-order valence-electron chi connectivity index (χ0n) is 13.1. The molecule has 1 aromatic rings. The number of rotatable bonds is 5. The van der Waals surface area contributed by atoms with Crippen LogP contribution in [0.15, 0.2) is 17.0 Å². The van der Waals surface area contributed by atoms with Crippen LogP contribution in [0.2, 0.25) is 0 Å². The summed E-state index contributed by atoms with van der Waals surface area (Å²) in [4.78, 5) is 0.350. The molecule has 0 radical (unpaired) electrons. The molecule has 0 saturated carbocycles. The number of hydrogen-bond donors (Lipinski definition) is 0. The molecule has 1 aromatic carbocycles. The van der Waals surface area contributed by atoms with E-state index in [4.69, 9.17) is 11.6 Å². The van der Waals surface area contributed by atoms with Gasteiger partial charge >= 0.3 is 0 Å². The van der Waals surface area contributed by atoms with Crippen LogP contribution in [0.3, 0.4) is 0 Å². The van der Waals surface area contributed by atoms with Gasteiger partial charge in [0, 0.05) is 18.5 Å². The average molecular weight is 318 g/mol. The zero-order chi connectivity index (χ0) is 15.7. The zero-order valence-corrected chi connectivity index (χ0v) is 14.7. The lowest BCUT2D eigenvalue weighted by Crippen LogP contribution is -2.44. The Hall–Kier alpha value is -0.580. The normalized spacial score (nSPS) is 13.0. The topological polar surface area (TPSA) is 37.4 Å². The van der Waals surface area contributed by atoms with Crippen molar-refractivity contribution in [2.24, 2.45) is 0 Å². The minimum absolute atomic E-state index is 0.315. The van der Waals surface area contributed by atoms with Gasteiger partial charge in [-0.25, -0.2) is 8.42 Å². The molecule has 0 aliphatic heterocycles. The Balaban J connectivity index is 3.43. The Kier molecular flexibility index (Phi) is 5.28. The summed E-state index contributed by atoms with van der Waals surface area (Å²) in [6.07, 6.45) is 0.746. The summed E-state index contributed by atoms with van der Waals surface area (Å²) in [5, 5.41) is 0. The number of nitrogens with zero attached hydrogens (tertiary/aromatic N) is 1. The van der Waals surface area contributed by atoms with Gasteiger partial charge in [-0.05, 0) is 56.9 Å². The molecule has 0 N–H and O–H groups in total. The number of aryl methyl sites for hydroxylation is 2. The first-order valence-corrected chi connectivity index (χ1v) is 8.70. The summed E-state index contributed by atoms with van der Waals surface area (Å²) >= 11 is 5.89. The van der Waals surface area contributed by atoms with E-state index in [-0.39, 0.29) is 0 Å². The maximum atomic E-state index is 12.8. The van der Waals surface area contributed by atoms with Crippen molar-refractivity contribution in [3.63, 3.8) is 0 Å². The second kappa shape index (κ2) is 6.04. The molecule has 20 heavy (non-hydrogen) atoms. The van der Waals surface area contributed by atoms with E-state index in [9.17, 15) is 8.42 Å². The van der Waals surface area contributed by atoms with E-state index in [1.165, 1.54) is 4.31 Å². The van der Waals surface area contributed by atoms with Crippen LogP contribution in [0.5, 0.6) is 0 Å². The average Bonchev–Trinajstić information content (AvgIpc) is 2.37. The van der Waals surface area contributed by atoms with Gasteiger partial charge in [0.1, 0.15) is 0 Å². The van der Waals surface area contributed by atoms with Gasteiger partial charge in [-0.15, -0.1) is 11.6 Å². The predicted octanol–water partition coefficient (Wildman–Crippen LogP) is 3.85. The van der Waals surface area contributed by atoms with Crippen molar-refractivity contribution in [1.29, 1.82) is 0 Å². The molecular formula is C15H24ClNO2S. The highest BCUT2D eigenvalue weighted by Crippen LogP contribution is 2.29. The summed E-state index contributed by atoms with van der Waals surface area (Å²) in [5.41, 5.74) is 2.22. The van der Waals surface area contributed by atoms with E-state index < -0.39 is 15.6 Å². The first-order valence-electron chi connectivity index (χ1n) is 6.73. The van der Waals surface area contributed by atoms with Gasteiger partial charge in [-0.1, -0.05) is 13.0 Å². The predicted molar refractivity (Wildman–Crippen MR) is 84.8 cm³/mol. The Bertz CT molecular complexity index is 594. The van der Waals surface area contributed by atoms with Gasteiger partial charge < -0.3 is 0 Å². The van der Waals surface area contributed by atoms with E-state index in [1.54, 1.807) is 13.1 Å². The molecule has 0 fully saturated rings. The van der Waals surface area contributed by atoms with Crippen LogP contribution in [-0.2, 0) is 15.9 Å². The van der Waals surface area contributed by atoms with Crippen LogP contribution in [0.1, 0.15) is 43.9 Å². The molecule has 1 rings (SSSR count). The fraction of sp³-hybridized carbons (Fsp3) is 0.600. The third-order valence-electron chi connectivity index (χ3n) is 4.13. The van der Waals surface area contributed by atoms with Crippen LogP contribution in [-0.4, -0.2) is 25.3 Å². The van der Waals surface area contributed by atoms with Crippen LogP contribution in [0.25, 0.3) is 0 Å². The molecule has 0 aromatic heterocycles. The van der Waals surface area contributed by atoms with Crippen molar-refractivity contribution in [3.05, 3.63) is 28.8 Å². The highest BCUT2D eigenvalue weighted by molar-refractivity contribution is 7.89. The van der Waals surface area contributed by atoms with Crippen LogP contribution in [0.4, 0.5) is 0 Å². The molecule has 0 amide bonds. The molecule has 0 bridgehead atoms. The number of hydrogen-bond acceptors (Lipinski definition) is 2. The number of benzene rings is 1. The van der Waals surface area contributed by atoms with Crippen molar-refractivity contribution >= 4 is 21.6 Å². The lowest BCUT2D eigenvalue weighted by molar-refractivity contribution is 0.257. The van der Waals surface area contributed by atoms with E-state index in [2.05, 4.69) is 0 Å². The van der Waals surface area contributed by atoms with Crippen LogP contribution in [0, 0.1) is 13.8 Å². The maximum Gasteiger partial charge on any atom is 0.243 e. The molecular weight excluding hydrogens is 294 g/mol. The van der Waals surface area contributed by atoms with Crippen molar-refractivity contribution < 1.29 is 8.42 Å². The molecule has 0 unspecified atom stereocenters. The summed E-state index contributed by atoms with van der Waals surface area (Å²) in [5.74, 6) is 0.315. The SMILES string of the molecule is CCC(C)(C)N(C)S(=O)(=O)c1cc(CCl)c(C)cc1C. The fourth-order valence-corrected chi connectivity index (χ4v) is 4.11. The molecule has 0 saturated heterocycles. The van der Waals surface area contributed by atoms with Crippen LogP contribution < -0.4 is 0 Å². The molecule has 114 valence electrons. The standard InChI is InChI=1S/C15H24ClNO2S/c1-7-15(4,5)17(6)20(18,19)14-9-13(10-16)11(2)8-12(14)3/h8-9H,7,10H2,1-6H3. The summed E-state index contributed by atoms with van der Waals surface area (Å²) in [6.45, 7) is 9.61. The van der Waals surface area contributed by atoms with Gasteiger partial charge in [0.15, 0.2) is 0 Å². The van der Waals surface area contributed by atoms with Crippen molar-refractivity contribution in [2.75, 3.05) is 7.05 Å². The van der Waals surface area contributed by atoms with Crippen molar-refractivity contribution in [3.8, 4) is 0 Å². The van der Waals surface area contributed by atoms with Crippen LogP contribution >= 0.6 is 11.6 Å². The maximum absolute atomic E-state index is 12.8. The minimum Gasteiger partial charge on any atom is -0.207 e. The third kappa shape index (κ3) is 3.18. The Morgan fingerprint density at radius 2 is 1.75 bits per heavy atom. The molecule has 0 atom stereocenters. The summed E-state index contributed by atoms with van der Waals surface area (Å²) in [7, 11) is -1.88. The quantitative estimate of drug-likeness (QED) is 0.773. The van der Waals surface area contributed by atoms with E-state index in [0.29, 0.717) is 10.8 Å². The Morgan fingerprint density at radius 3 is 2.20 bits per heavy atom. The minimum atomic E-state index is -3.51. The van der Waals surface area contributed by atoms with Crippen molar-refractivity contribution in [2.45, 2.75) is 57.4 Å². The molecule has 5 heteroatoms. The van der Waals surface area contributed by atoms with E-state index in [0.717, 1.165) is 23.1 Å². The third-order valence-corrected chi connectivity index (χ3v) is 6.63. The number of sulfonamides is 1. The fourth-order valence-electron chi connectivity index (χ4n) is 1.99.